The summed E-state index contributed by atoms with van der Waals surface area (Å²) in [5.41, 5.74) is 6.68. The number of aliphatic hydroxyl groups is 1. The molecular formula is C19H17FN2O3. The predicted molar refractivity (Wildman–Crippen MR) is 90.2 cm³/mol. The van der Waals surface area contributed by atoms with E-state index in [0.717, 1.165) is 0 Å². The van der Waals surface area contributed by atoms with Crippen LogP contribution in [0.25, 0.3) is 11.3 Å². The molecular weight excluding hydrogens is 323 g/mol. The van der Waals surface area contributed by atoms with Gasteiger partial charge in [-0.25, -0.2) is 4.39 Å². The van der Waals surface area contributed by atoms with Crippen molar-refractivity contribution in [3.8, 4) is 11.3 Å². The van der Waals surface area contributed by atoms with E-state index in [-0.39, 0.29) is 29.7 Å². The maximum atomic E-state index is 14.5. The number of amides is 1. The van der Waals surface area contributed by atoms with Crippen LogP contribution >= 0.6 is 0 Å². The number of rotatable bonds is 6. The van der Waals surface area contributed by atoms with E-state index in [1.807, 2.05) is 6.07 Å². The zero-order chi connectivity index (χ0) is 17.9. The quantitative estimate of drug-likeness (QED) is 0.721. The number of benzene rings is 2. The molecule has 1 heterocycles. The molecule has 0 aliphatic carbocycles. The van der Waals surface area contributed by atoms with Crippen LogP contribution in [0.5, 0.6) is 0 Å². The fraction of sp³-hybridized carbons (Fsp3) is 0.158. The van der Waals surface area contributed by atoms with Crippen LogP contribution in [0.3, 0.4) is 0 Å². The third-order valence-corrected chi connectivity index (χ3v) is 3.96. The maximum absolute atomic E-state index is 14.5. The van der Waals surface area contributed by atoms with Gasteiger partial charge in [-0.1, -0.05) is 65.8 Å². The number of nitrogens with two attached hydrogens (primary N) is 1. The van der Waals surface area contributed by atoms with Crippen LogP contribution in [0.2, 0.25) is 0 Å². The number of hydrogen-bond acceptors (Lipinski definition) is 4. The molecule has 1 atom stereocenters. The lowest BCUT2D eigenvalue weighted by molar-refractivity contribution is -0.102. The lowest BCUT2D eigenvalue weighted by Crippen LogP contribution is -2.21. The first-order valence-corrected chi connectivity index (χ1v) is 7.79. The molecule has 0 saturated carbocycles. The van der Waals surface area contributed by atoms with Gasteiger partial charge >= 0.3 is 0 Å². The average molecular weight is 340 g/mol. The summed E-state index contributed by atoms with van der Waals surface area (Å²) in [5, 5.41) is 14.0. The Labute approximate surface area is 143 Å². The Morgan fingerprint density at radius 1 is 1.12 bits per heavy atom. The van der Waals surface area contributed by atoms with E-state index in [0.29, 0.717) is 11.3 Å². The van der Waals surface area contributed by atoms with Gasteiger partial charge in [0, 0.05) is 24.0 Å². The average Bonchev–Trinajstić information content (AvgIpc) is 3.06. The molecule has 0 aliphatic heterocycles. The summed E-state index contributed by atoms with van der Waals surface area (Å²) in [6.07, 6.45) is -0.319. The van der Waals surface area contributed by atoms with Crippen molar-refractivity contribution in [1.82, 2.24) is 5.16 Å². The van der Waals surface area contributed by atoms with E-state index in [4.69, 9.17) is 10.3 Å². The number of halogens is 1. The van der Waals surface area contributed by atoms with Crippen molar-refractivity contribution in [3.05, 3.63) is 77.6 Å². The van der Waals surface area contributed by atoms with Crippen molar-refractivity contribution >= 4 is 5.91 Å². The second-order valence-electron chi connectivity index (χ2n) is 5.68. The molecule has 0 aliphatic rings. The zero-order valence-corrected chi connectivity index (χ0v) is 13.4. The maximum Gasteiger partial charge on any atom is 0.254 e. The summed E-state index contributed by atoms with van der Waals surface area (Å²) in [6.45, 7) is 0. The van der Waals surface area contributed by atoms with E-state index in [9.17, 15) is 14.3 Å². The first kappa shape index (κ1) is 16.9. The van der Waals surface area contributed by atoms with Gasteiger partial charge in [0.05, 0.1) is 0 Å². The summed E-state index contributed by atoms with van der Waals surface area (Å²) in [6, 6.07) is 16.9. The second kappa shape index (κ2) is 6.86. The minimum absolute atomic E-state index is 0.0278. The van der Waals surface area contributed by atoms with Crippen LogP contribution in [0.4, 0.5) is 4.39 Å². The second-order valence-corrected chi connectivity index (χ2v) is 5.68. The van der Waals surface area contributed by atoms with Crippen LogP contribution in [0.1, 0.15) is 28.1 Å². The SMILES string of the molecule is NC(=O)c1c(-c2ccccc2)noc1CCC(O)(F)c1ccccc1. The number of carbonyl (C=O) groups is 1. The van der Waals surface area contributed by atoms with Gasteiger partial charge in [-0.05, 0) is 0 Å². The molecule has 1 amide bonds. The molecule has 3 rings (SSSR count). The molecule has 0 fully saturated rings. The van der Waals surface area contributed by atoms with Crippen molar-refractivity contribution < 1.29 is 18.8 Å². The van der Waals surface area contributed by atoms with Crippen molar-refractivity contribution in [2.45, 2.75) is 18.7 Å². The van der Waals surface area contributed by atoms with Crippen molar-refractivity contribution in [1.29, 1.82) is 0 Å². The van der Waals surface area contributed by atoms with Gasteiger partial charge in [0.2, 0.25) is 5.85 Å². The molecule has 0 radical (unpaired) electrons. The van der Waals surface area contributed by atoms with Crippen molar-refractivity contribution in [2.24, 2.45) is 5.73 Å². The fourth-order valence-corrected chi connectivity index (χ4v) is 2.66. The monoisotopic (exact) mass is 340 g/mol. The first-order valence-electron chi connectivity index (χ1n) is 7.79. The van der Waals surface area contributed by atoms with E-state index in [1.165, 1.54) is 12.1 Å². The standard InChI is InChI=1S/C19H17FN2O3/c20-19(24,14-9-5-2-6-10-14)12-11-15-16(18(21)23)17(22-25-15)13-7-3-1-4-8-13/h1-10,24H,11-12H2,(H2,21,23). The smallest absolute Gasteiger partial charge is 0.254 e. The van der Waals surface area contributed by atoms with Crippen LogP contribution in [0, 0.1) is 0 Å². The highest BCUT2D eigenvalue weighted by Crippen LogP contribution is 2.31. The van der Waals surface area contributed by atoms with Crippen LogP contribution in [0.15, 0.2) is 65.2 Å². The number of alkyl halides is 1. The molecule has 0 bridgehead atoms. The Morgan fingerprint density at radius 2 is 1.72 bits per heavy atom. The molecule has 1 unspecified atom stereocenters. The van der Waals surface area contributed by atoms with Gasteiger partial charge in [-0.3, -0.25) is 4.79 Å². The van der Waals surface area contributed by atoms with Crippen LogP contribution < -0.4 is 5.73 Å². The number of nitrogens with zero attached hydrogens (tertiary/aromatic N) is 1. The highest BCUT2D eigenvalue weighted by atomic mass is 19.2. The normalized spacial score (nSPS) is 13.4. The molecule has 3 aromatic rings. The topological polar surface area (TPSA) is 89.4 Å². The Hall–Kier alpha value is -2.99. The van der Waals surface area contributed by atoms with Crippen molar-refractivity contribution in [2.75, 3.05) is 0 Å². The molecule has 2 aromatic carbocycles. The van der Waals surface area contributed by atoms with Crippen molar-refractivity contribution in [3.63, 3.8) is 0 Å². The van der Waals surface area contributed by atoms with Gasteiger partial charge in [-0.15, -0.1) is 0 Å². The van der Waals surface area contributed by atoms with E-state index >= 15 is 0 Å². The van der Waals surface area contributed by atoms with Gasteiger partial charge < -0.3 is 15.4 Å². The van der Waals surface area contributed by atoms with Gasteiger partial charge in [0.15, 0.2) is 0 Å². The molecule has 1 aromatic heterocycles. The molecule has 6 heteroatoms. The highest BCUT2D eigenvalue weighted by molar-refractivity contribution is 5.99. The lowest BCUT2D eigenvalue weighted by atomic mass is 9.98. The van der Waals surface area contributed by atoms with E-state index in [2.05, 4.69) is 5.16 Å². The Bertz CT molecular complexity index is 861. The largest absolute Gasteiger partial charge is 0.365 e. The molecule has 0 saturated heterocycles. The molecule has 0 spiro atoms. The van der Waals surface area contributed by atoms with Crippen LogP contribution in [-0.4, -0.2) is 16.2 Å². The van der Waals surface area contributed by atoms with Gasteiger partial charge in [0.1, 0.15) is 17.0 Å². The summed E-state index contributed by atoms with van der Waals surface area (Å²) in [5.74, 6) is -3.11. The Balaban J connectivity index is 1.86. The number of hydrogen-bond donors (Lipinski definition) is 2. The third kappa shape index (κ3) is 3.59. The number of carbonyl (C=O) groups excluding carboxylic acids is 1. The third-order valence-electron chi connectivity index (χ3n) is 3.96. The molecule has 5 nitrogen and oxygen atoms in total. The van der Waals surface area contributed by atoms with E-state index in [1.54, 1.807) is 42.5 Å². The first-order chi connectivity index (χ1) is 12.0. The fourth-order valence-electron chi connectivity index (χ4n) is 2.66. The Kier molecular flexibility index (Phi) is 4.63. The van der Waals surface area contributed by atoms with Gasteiger partial charge in [-0.2, -0.15) is 0 Å². The predicted octanol–water partition coefficient (Wildman–Crippen LogP) is 3.19. The summed E-state index contributed by atoms with van der Waals surface area (Å²) in [4.78, 5) is 11.8. The number of aromatic nitrogens is 1. The Morgan fingerprint density at radius 3 is 2.32 bits per heavy atom. The zero-order valence-electron chi connectivity index (χ0n) is 13.4. The molecule has 25 heavy (non-hydrogen) atoms. The summed E-state index contributed by atoms with van der Waals surface area (Å²) < 4.78 is 19.8. The summed E-state index contributed by atoms with van der Waals surface area (Å²) in [7, 11) is 0. The van der Waals surface area contributed by atoms with Crippen LogP contribution in [-0.2, 0) is 12.3 Å². The minimum Gasteiger partial charge on any atom is -0.365 e. The molecule has 3 N–H and O–H groups in total. The lowest BCUT2D eigenvalue weighted by Gasteiger charge is -2.18. The summed E-state index contributed by atoms with van der Waals surface area (Å²) >= 11 is 0. The van der Waals surface area contributed by atoms with E-state index < -0.39 is 11.8 Å². The highest BCUT2D eigenvalue weighted by Gasteiger charge is 2.30. The minimum atomic E-state index is -2.55. The van der Waals surface area contributed by atoms with Gasteiger partial charge in [0.25, 0.3) is 5.91 Å². The number of aryl methyl sites for hydroxylation is 1. The molecule has 128 valence electrons. The number of primary amides is 1.